The van der Waals surface area contributed by atoms with E-state index in [0.29, 0.717) is 6.42 Å². The molecule has 2 N–H and O–H groups in total. The van der Waals surface area contributed by atoms with Crippen LogP contribution in [0.3, 0.4) is 0 Å². The van der Waals surface area contributed by atoms with E-state index in [1.807, 2.05) is 0 Å². The summed E-state index contributed by atoms with van der Waals surface area (Å²) in [5, 5.41) is 2.58. The molecule has 0 heterocycles. The van der Waals surface area contributed by atoms with E-state index in [4.69, 9.17) is 9.47 Å². The third-order valence-electron chi connectivity index (χ3n) is 3.94. The molecule has 156 valence electrons. The van der Waals surface area contributed by atoms with Gasteiger partial charge in [-0.15, -0.1) is 0 Å². The van der Waals surface area contributed by atoms with Crippen LogP contribution < -0.4 is 14.8 Å². The average Bonchev–Trinajstić information content (AvgIpc) is 2.72. The highest BCUT2D eigenvalue weighted by Crippen LogP contribution is 2.24. The molecule has 0 saturated carbocycles. The van der Waals surface area contributed by atoms with E-state index < -0.39 is 28.5 Å². The SMILES string of the molecule is CNS(=O)(=O)c1cc(C(=O)OCC(=O)NCCc2ccc(F)cc2)ccc1OC. The molecule has 0 aliphatic carbocycles. The van der Waals surface area contributed by atoms with Gasteiger partial charge in [-0.05, 0) is 49.4 Å². The fourth-order valence-corrected chi connectivity index (χ4v) is 3.30. The Labute approximate surface area is 168 Å². The summed E-state index contributed by atoms with van der Waals surface area (Å²) >= 11 is 0. The highest BCUT2D eigenvalue weighted by molar-refractivity contribution is 7.89. The van der Waals surface area contributed by atoms with Crippen molar-refractivity contribution in [1.29, 1.82) is 0 Å². The zero-order valence-corrected chi connectivity index (χ0v) is 16.7. The van der Waals surface area contributed by atoms with E-state index in [-0.39, 0.29) is 28.6 Å². The lowest BCUT2D eigenvalue weighted by atomic mass is 10.1. The maximum absolute atomic E-state index is 12.8. The standard InChI is InChI=1S/C19H21FN2O6S/c1-21-29(25,26)17-11-14(5-8-16(17)27-2)19(24)28-12-18(23)22-10-9-13-3-6-15(20)7-4-13/h3-8,11,21H,9-10,12H2,1-2H3,(H,22,23). The largest absolute Gasteiger partial charge is 0.495 e. The topological polar surface area (TPSA) is 111 Å². The van der Waals surface area contributed by atoms with Gasteiger partial charge in [-0.25, -0.2) is 22.3 Å². The number of carbonyl (C=O) groups is 2. The number of nitrogens with one attached hydrogen (secondary N) is 2. The summed E-state index contributed by atoms with van der Waals surface area (Å²) in [4.78, 5) is 23.7. The van der Waals surface area contributed by atoms with Gasteiger partial charge in [0.25, 0.3) is 5.91 Å². The van der Waals surface area contributed by atoms with Crippen molar-refractivity contribution in [3.63, 3.8) is 0 Å². The monoisotopic (exact) mass is 424 g/mol. The van der Waals surface area contributed by atoms with Gasteiger partial charge < -0.3 is 14.8 Å². The second-order valence-electron chi connectivity index (χ2n) is 5.88. The molecule has 2 aromatic rings. The molecule has 0 saturated heterocycles. The lowest BCUT2D eigenvalue weighted by Crippen LogP contribution is -2.30. The maximum Gasteiger partial charge on any atom is 0.338 e. The van der Waals surface area contributed by atoms with Gasteiger partial charge in [-0.3, -0.25) is 4.79 Å². The predicted octanol–water partition coefficient (Wildman–Crippen LogP) is 1.26. The first-order valence-corrected chi connectivity index (χ1v) is 10.0. The van der Waals surface area contributed by atoms with E-state index in [1.165, 1.54) is 38.4 Å². The average molecular weight is 424 g/mol. The number of methoxy groups -OCH3 is 1. The van der Waals surface area contributed by atoms with Crippen LogP contribution in [0, 0.1) is 5.82 Å². The van der Waals surface area contributed by atoms with E-state index in [1.54, 1.807) is 12.1 Å². The van der Waals surface area contributed by atoms with Crippen molar-refractivity contribution < 1.29 is 31.9 Å². The molecule has 0 fully saturated rings. The second-order valence-corrected chi connectivity index (χ2v) is 7.73. The molecule has 0 aromatic heterocycles. The Morgan fingerprint density at radius 3 is 2.41 bits per heavy atom. The van der Waals surface area contributed by atoms with E-state index >= 15 is 0 Å². The van der Waals surface area contributed by atoms with Gasteiger partial charge in [0.15, 0.2) is 6.61 Å². The highest BCUT2D eigenvalue weighted by atomic mass is 32.2. The van der Waals surface area contributed by atoms with Crippen LogP contribution >= 0.6 is 0 Å². The fraction of sp³-hybridized carbons (Fsp3) is 0.263. The summed E-state index contributed by atoms with van der Waals surface area (Å²) in [5.41, 5.74) is 0.805. The molecule has 0 bridgehead atoms. The van der Waals surface area contributed by atoms with Crippen LogP contribution in [0.15, 0.2) is 47.4 Å². The molecule has 0 unspecified atom stereocenters. The predicted molar refractivity (Wildman–Crippen MR) is 103 cm³/mol. The van der Waals surface area contributed by atoms with Crippen LogP contribution in [-0.2, 0) is 26.0 Å². The molecule has 1 amide bonds. The van der Waals surface area contributed by atoms with Crippen LogP contribution in [0.5, 0.6) is 5.75 Å². The van der Waals surface area contributed by atoms with Crippen LogP contribution in [0.4, 0.5) is 4.39 Å². The van der Waals surface area contributed by atoms with Gasteiger partial charge in [-0.2, -0.15) is 0 Å². The van der Waals surface area contributed by atoms with Gasteiger partial charge >= 0.3 is 5.97 Å². The lowest BCUT2D eigenvalue weighted by molar-refractivity contribution is -0.124. The van der Waals surface area contributed by atoms with Gasteiger partial charge in [0.2, 0.25) is 10.0 Å². The Hall–Kier alpha value is -2.98. The minimum Gasteiger partial charge on any atom is -0.495 e. The number of amides is 1. The Balaban J connectivity index is 1.90. The summed E-state index contributed by atoms with van der Waals surface area (Å²) in [7, 11) is -1.32. The summed E-state index contributed by atoms with van der Waals surface area (Å²) in [6.07, 6.45) is 0.490. The molecule has 8 nitrogen and oxygen atoms in total. The number of hydrogen-bond donors (Lipinski definition) is 2. The first-order valence-electron chi connectivity index (χ1n) is 8.56. The normalized spacial score (nSPS) is 11.0. The van der Waals surface area contributed by atoms with E-state index in [2.05, 4.69) is 10.0 Å². The van der Waals surface area contributed by atoms with Crippen molar-refractivity contribution in [2.45, 2.75) is 11.3 Å². The molecule has 0 aliphatic rings. The minimum atomic E-state index is -3.85. The Morgan fingerprint density at radius 1 is 1.10 bits per heavy atom. The number of benzene rings is 2. The summed E-state index contributed by atoms with van der Waals surface area (Å²) in [5.74, 6) is -1.64. The van der Waals surface area contributed by atoms with Crippen LogP contribution in [0.1, 0.15) is 15.9 Å². The smallest absolute Gasteiger partial charge is 0.338 e. The molecular formula is C19H21FN2O6S. The number of hydrogen-bond acceptors (Lipinski definition) is 6. The third kappa shape index (κ3) is 6.26. The minimum absolute atomic E-state index is 0.0428. The number of sulfonamides is 1. The van der Waals surface area contributed by atoms with Crippen LogP contribution in [-0.4, -0.2) is 47.6 Å². The molecule has 0 atom stereocenters. The molecule has 2 rings (SSSR count). The highest BCUT2D eigenvalue weighted by Gasteiger charge is 2.21. The fourth-order valence-electron chi connectivity index (χ4n) is 2.39. The molecule has 0 spiro atoms. The van der Waals surface area contributed by atoms with Gasteiger partial charge in [0, 0.05) is 6.54 Å². The van der Waals surface area contributed by atoms with Gasteiger partial charge in [-0.1, -0.05) is 12.1 Å². The molecular weight excluding hydrogens is 403 g/mol. The summed E-state index contributed by atoms with van der Waals surface area (Å²) < 4.78 is 49.0. The molecule has 2 aromatic carbocycles. The van der Waals surface area contributed by atoms with Crippen molar-refractivity contribution in [2.24, 2.45) is 0 Å². The quantitative estimate of drug-likeness (QED) is 0.587. The molecule has 10 heteroatoms. The lowest BCUT2D eigenvalue weighted by Gasteiger charge is -2.11. The number of rotatable bonds is 9. The summed E-state index contributed by atoms with van der Waals surface area (Å²) in [6, 6.07) is 9.65. The van der Waals surface area contributed by atoms with Crippen molar-refractivity contribution in [1.82, 2.24) is 10.0 Å². The van der Waals surface area contributed by atoms with Gasteiger partial charge in [0.05, 0.1) is 12.7 Å². The zero-order valence-electron chi connectivity index (χ0n) is 15.9. The Kier molecular flexibility index (Phi) is 7.68. The number of carbonyl (C=O) groups excluding carboxylic acids is 2. The number of esters is 1. The van der Waals surface area contributed by atoms with E-state index in [0.717, 1.165) is 11.6 Å². The molecule has 29 heavy (non-hydrogen) atoms. The van der Waals surface area contributed by atoms with E-state index in [9.17, 15) is 22.4 Å². The number of ether oxygens (including phenoxy) is 2. The van der Waals surface area contributed by atoms with Crippen molar-refractivity contribution in [3.05, 3.63) is 59.4 Å². The summed E-state index contributed by atoms with van der Waals surface area (Å²) in [6.45, 7) is -0.239. The van der Waals surface area contributed by atoms with Crippen LogP contribution in [0.25, 0.3) is 0 Å². The Bertz CT molecular complexity index is 977. The second kappa shape index (κ2) is 9.99. The van der Waals surface area contributed by atoms with Crippen molar-refractivity contribution >= 4 is 21.9 Å². The van der Waals surface area contributed by atoms with Crippen LogP contribution in [0.2, 0.25) is 0 Å². The van der Waals surface area contributed by atoms with Crippen molar-refractivity contribution in [2.75, 3.05) is 27.3 Å². The first-order chi connectivity index (χ1) is 13.8. The van der Waals surface area contributed by atoms with Crippen molar-refractivity contribution in [3.8, 4) is 5.75 Å². The first kappa shape index (κ1) is 22.3. The maximum atomic E-state index is 12.8. The number of halogens is 1. The van der Waals surface area contributed by atoms with Gasteiger partial charge in [0.1, 0.15) is 16.5 Å². The zero-order chi connectivity index (χ0) is 21.4. The molecule has 0 radical (unpaired) electrons. The third-order valence-corrected chi connectivity index (χ3v) is 5.38. The molecule has 0 aliphatic heterocycles. The Morgan fingerprint density at radius 2 is 1.79 bits per heavy atom.